The molecule has 6 nitrogen and oxygen atoms in total. The van der Waals surface area contributed by atoms with Crippen molar-refractivity contribution in [3.8, 4) is 0 Å². The number of guanidine groups is 1. The van der Waals surface area contributed by atoms with E-state index in [0.717, 1.165) is 21.3 Å². The second-order valence-electron chi connectivity index (χ2n) is 6.18. The molecule has 1 atom stereocenters. The monoisotopic (exact) mass is 449 g/mol. The van der Waals surface area contributed by atoms with Crippen LogP contribution in [0.4, 0.5) is 0 Å². The summed E-state index contributed by atoms with van der Waals surface area (Å²) in [7, 11) is 1.89. The molecule has 3 aromatic rings. The molecular weight excluding hydrogens is 429 g/mol. The number of hydrogen-bond donors (Lipinski definition) is 3. The molecule has 0 spiro atoms. The van der Waals surface area contributed by atoms with Gasteiger partial charge in [0.15, 0.2) is 0 Å². The van der Waals surface area contributed by atoms with Gasteiger partial charge >= 0.3 is 0 Å². The third-order valence-corrected chi connectivity index (χ3v) is 5.05. The van der Waals surface area contributed by atoms with E-state index in [2.05, 4.69) is 25.9 Å². The molecule has 1 saturated heterocycles. The first-order valence-corrected chi connectivity index (χ1v) is 9.51. The normalized spacial score (nSPS) is 16.8. The lowest BCUT2D eigenvalue weighted by molar-refractivity contribution is -0.115. The van der Waals surface area contributed by atoms with Gasteiger partial charge in [0.2, 0.25) is 5.96 Å². The summed E-state index contributed by atoms with van der Waals surface area (Å²) in [5, 5.41) is 9.06. The predicted molar refractivity (Wildman–Crippen MR) is 124 cm³/mol. The number of aliphatic imine (C=N–C) groups is 1. The zero-order valence-corrected chi connectivity index (χ0v) is 18.0. The number of hydrogen-bond acceptors (Lipinski definition) is 5. The maximum atomic E-state index is 12.3. The molecule has 4 rings (SSSR count). The Hall–Kier alpha value is -2.45. The first-order chi connectivity index (χ1) is 13.2. The number of amides is 1. The fourth-order valence-electron chi connectivity index (χ4n) is 2.95. The van der Waals surface area contributed by atoms with Crippen molar-refractivity contribution >= 4 is 64.3 Å². The van der Waals surface area contributed by atoms with Gasteiger partial charge in [-0.15, -0.1) is 36.2 Å². The zero-order valence-electron chi connectivity index (χ0n) is 15.6. The lowest BCUT2D eigenvalue weighted by Gasteiger charge is -2.13. The molecule has 0 radical (unpaired) electrons. The summed E-state index contributed by atoms with van der Waals surface area (Å²) in [6.45, 7) is 0.673. The van der Waals surface area contributed by atoms with Crippen LogP contribution < -0.4 is 16.0 Å². The van der Waals surface area contributed by atoms with Crippen molar-refractivity contribution in [2.75, 3.05) is 13.6 Å². The molecule has 1 amide bonds. The van der Waals surface area contributed by atoms with Crippen LogP contribution in [0.2, 0.25) is 0 Å². The van der Waals surface area contributed by atoms with Crippen molar-refractivity contribution in [3.05, 3.63) is 70.9 Å². The van der Waals surface area contributed by atoms with Gasteiger partial charge < -0.3 is 10.6 Å². The minimum Gasteiger partial charge on any atom is -0.321 e. The van der Waals surface area contributed by atoms with Crippen LogP contribution in [0, 0.1) is 0 Å². The topological polar surface area (TPSA) is 78.4 Å². The van der Waals surface area contributed by atoms with Crippen LogP contribution in [0.1, 0.15) is 17.2 Å². The molecule has 29 heavy (non-hydrogen) atoms. The summed E-state index contributed by atoms with van der Waals surface area (Å²) in [4.78, 5) is 21.3. The van der Waals surface area contributed by atoms with Crippen molar-refractivity contribution in [2.24, 2.45) is 4.99 Å². The highest BCUT2D eigenvalue weighted by molar-refractivity contribution is 7.16. The maximum absolute atomic E-state index is 12.3. The van der Waals surface area contributed by atoms with Crippen molar-refractivity contribution in [2.45, 2.75) is 6.04 Å². The van der Waals surface area contributed by atoms with Crippen molar-refractivity contribution in [3.63, 3.8) is 0 Å². The molecule has 2 aromatic carbocycles. The molecule has 2 heterocycles. The van der Waals surface area contributed by atoms with E-state index < -0.39 is 0 Å². The zero-order chi connectivity index (χ0) is 18.6. The van der Waals surface area contributed by atoms with Crippen LogP contribution in [0.5, 0.6) is 0 Å². The molecule has 0 saturated carbocycles. The van der Waals surface area contributed by atoms with Crippen LogP contribution in [0.3, 0.4) is 0 Å². The fraction of sp³-hybridized carbons (Fsp3) is 0.150. The Morgan fingerprint density at radius 2 is 1.97 bits per heavy atom. The highest BCUT2D eigenvalue weighted by atomic mass is 35.5. The third kappa shape index (κ3) is 5.33. The second kappa shape index (κ2) is 10.4. The van der Waals surface area contributed by atoms with E-state index in [1.54, 1.807) is 11.3 Å². The fourth-order valence-corrected chi connectivity index (χ4v) is 3.67. The molecule has 0 bridgehead atoms. The first kappa shape index (κ1) is 22.8. The Labute approximate surface area is 185 Å². The molecule has 1 fully saturated rings. The number of nitrogens with one attached hydrogen (secondary N) is 3. The number of rotatable bonds is 5. The lowest BCUT2D eigenvalue weighted by Crippen LogP contribution is -2.28. The Bertz CT molecular complexity index is 1040. The quantitative estimate of drug-likeness (QED) is 0.520. The maximum Gasteiger partial charge on any atom is 0.274 e. The number of thiazole rings is 1. The number of benzene rings is 2. The molecule has 1 aliphatic heterocycles. The Balaban J connectivity index is 0.00000150. The number of aromatic nitrogens is 1. The number of carbonyl (C=O) groups is 1. The van der Waals surface area contributed by atoms with Gasteiger partial charge in [-0.1, -0.05) is 36.4 Å². The van der Waals surface area contributed by atoms with E-state index in [1.165, 1.54) is 0 Å². The van der Waals surface area contributed by atoms with Crippen LogP contribution in [-0.2, 0) is 4.79 Å². The minimum absolute atomic E-state index is 0. The summed E-state index contributed by atoms with van der Waals surface area (Å²) in [5.41, 5.74) is 5.29. The Kier molecular flexibility index (Phi) is 8.16. The predicted octanol–water partition coefficient (Wildman–Crippen LogP) is 3.52. The number of likely N-dealkylation sites (N-methyl/N-ethyl adjacent to an activating group) is 1. The van der Waals surface area contributed by atoms with Gasteiger partial charge in [0.25, 0.3) is 5.91 Å². The molecule has 9 heteroatoms. The van der Waals surface area contributed by atoms with Gasteiger partial charge in [0, 0.05) is 6.54 Å². The van der Waals surface area contributed by atoms with E-state index in [9.17, 15) is 4.79 Å². The van der Waals surface area contributed by atoms with Crippen LogP contribution in [0.15, 0.2) is 64.7 Å². The van der Waals surface area contributed by atoms with Gasteiger partial charge in [-0.05, 0) is 36.4 Å². The van der Waals surface area contributed by atoms with E-state index >= 15 is 0 Å². The molecule has 1 aromatic heterocycles. The van der Waals surface area contributed by atoms with Gasteiger partial charge in [0.1, 0.15) is 5.70 Å². The lowest BCUT2D eigenvalue weighted by atomic mass is 10.1. The molecule has 1 aliphatic rings. The number of nitrogens with zero attached hydrogens (tertiary/aromatic N) is 2. The van der Waals surface area contributed by atoms with Crippen molar-refractivity contribution in [1.29, 1.82) is 0 Å². The van der Waals surface area contributed by atoms with Gasteiger partial charge in [-0.3, -0.25) is 10.1 Å². The second-order valence-corrected chi connectivity index (χ2v) is 7.06. The molecule has 3 N–H and O–H groups in total. The summed E-state index contributed by atoms with van der Waals surface area (Å²) < 4.78 is 1.09. The number of fused-ring (bicyclic) bond motifs is 1. The standard InChI is InChI=1S/C20H19N5OS.2ClH/c1-21-11-17(14-5-3-2-4-6-14)24-20-23-16(19(26)25-20)9-13-7-8-15-18(10-13)27-12-22-15;;/h2-10,12,17,21H,11H2,1H3,(H2,23,24,25,26);2*1H/b16-9-;;. The molecule has 152 valence electrons. The highest BCUT2D eigenvalue weighted by Crippen LogP contribution is 2.21. The molecular formula is C20H21Cl2N5OS. The van der Waals surface area contributed by atoms with E-state index in [0.29, 0.717) is 18.2 Å². The first-order valence-electron chi connectivity index (χ1n) is 8.63. The minimum atomic E-state index is -0.186. The highest BCUT2D eigenvalue weighted by Gasteiger charge is 2.23. The smallest absolute Gasteiger partial charge is 0.274 e. The SMILES string of the molecule is CNCC(N=C1NC(=O)/C(=C/c2ccc3ncsc3c2)N1)c1ccccc1.Cl.Cl. The summed E-state index contributed by atoms with van der Waals surface area (Å²) in [6, 6.07) is 15.9. The summed E-state index contributed by atoms with van der Waals surface area (Å²) >= 11 is 1.58. The van der Waals surface area contributed by atoms with Gasteiger partial charge in [-0.25, -0.2) is 9.98 Å². The van der Waals surface area contributed by atoms with E-state index in [1.807, 2.05) is 67.2 Å². The van der Waals surface area contributed by atoms with Crippen molar-refractivity contribution in [1.82, 2.24) is 20.9 Å². The van der Waals surface area contributed by atoms with Gasteiger partial charge in [0.05, 0.1) is 21.8 Å². The van der Waals surface area contributed by atoms with Crippen LogP contribution >= 0.6 is 36.2 Å². The molecule has 1 unspecified atom stereocenters. The van der Waals surface area contributed by atoms with Crippen LogP contribution in [-0.4, -0.2) is 30.4 Å². The van der Waals surface area contributed by atoms with E-state index in [-0.39, 0.29) is 36.8 Å². The van der Waals surface area contributed by atoms with Gasteiger partial charge in [-0.2, -0.15) is 0 Å². The summed E-state index contributed by atoms with van der Waals surface area (Å²) in [5.74, 6) is 0.281. The summed E-state index contributed by atoms with van der Waals surface area (Å²) in [6.07, 6.45) is 1.83. The largest absolute Gasteiger partial charge is 0.321 e. The average molecular weight is 450 g/mol. The number of halogens is 2. The van der Waals surface area contributed by atoms with Crippen LogP contribution in [0.25, 0.3) is 16.3 Å². The average Bonchev–Trinajstić information content (AvgIpc) is 3.28. The third-order valence-electron chi connectivity index (χ3n) is 4.26. The Morgan fingerprint density at radius 1 is 1.17 bits per heavy atom. The number of carbonyl (C=O) groups excluding carboxylic acids is 1. The van der Waals surface area contributed by atoms with Crippen molar-refractivity contribution < 1.29 is 4.79 Å². The Morgan fingerprint density at radius 3 is 2.72 bits per heavy atom. The van der Waals surface area contributed by atoms with E-state index in [4.69, 9.17) is 0 Å². The molecule has 0 aliphatic carbocycles.